The van der Waals surface area contributed by atoms with Crippen LogP contribution >= 0.6 is 37.2 Å². The van der Waals surface area contributed by atoms with Crippen LogP contribution in [-0.4, -0.2) is 30.3 Å². The molecule has 3 atom stereocenters. The van der Waals surface area contributed by atoms with E-state index in [0.717, 1.165) is 31.8 Å². The van der Waals surface area contributed by atoms with E-state index >= 15 is 0 Å². The Morgan fingerprint density at radius 2 is 1.79 bits per heavy atom. The summed E-state index contributed by atoms with van der Waals surface area (Å²) in [5.41, 5.74) is 0.676. The highest BCUT2D eigenvalue weighted by Crippen LogP contribution is 2.29. The lowest BCUT2D eigenvalue weighted by Gasteiger charge is -2.26. The maximum atomic E-state index is 13.3. The van der Waals surface area contributed by atoms with Gasteiger partial charge in [-0.2, -0.15) is 0 Å². The Balaban J connectivity index is 0.00000176. The van der Waals surface area contributed by atoms with Crippen LogP contribution in [0.25, 0.3) is 0 Å². The van der Waals surface area contributed by atoms with Crippen molar-refractivity contribution in [3.05, 3.63) is 35.6 Å². The van der Waals surface area contributed by atoms with Gasteiger partial charge in [0, 0.05) is 12.1 Å². The number of halogens is 4. The van der Waals surface area contributed by atoms with Crippen molar-refractivity contribution in [3.8, 4) is 0 Å². The number of piperidine rings is 1. The molecule has 0 unspecified atom stereocenters. The normalized spacial score (nSPS) is 25.1. The van der Waals surface area contributed by atoms with E-state index in [9.17, 15) is 9.50 Å². The van der Waals surface area contributed by atoms with Crippen LogP contribution in [0.1, 0.15) is 43.8 Å². The SMILES string of the molecule is Cl.Cl.Cl.O[C@H](c1cccc(F)c1)[C@H]1CC[C@@H](CC2CCNCC2)N1. The van der Waals surface area contributed by atoms with E-state index < -0.39 is 6.10 Å². The van der Waals surface area contributed by atoms with Crippen LogP contribution in [0.3, 0.4) is 0 Å². The van der Waals surface area contributed by atoms with Crippen molar-refractivity contribution >= 4 is 37.2 Å². The van der Waals surface area contributed by atoms with Crippen molar-refractivity contribution < 1.29 is 9.50 Å². The summed E-state index contributed by atoms with van der Waals surface area (Å²) in [6.45, 7) is 2.26. The minimum Gasteiger partial charge on any atom is -0.387 e. The Morgan fingerprint density at radius 1 is 1.08 bits per heavy atom. The summed E-state index contributed by atoms with van der Waals surface area (Å²) >= 11 is 0. The molecule has 3 rings (SSSR count). The Labute approximate surface area is 162 Å². The first-order valence-electron chi connectivity index (χ1n) is 8.12. The monoisotopic (exact) mass is 400 g/mol. The van der Waals surface area contributed by atoms with Crippen molar-refractivity contribution in [2.24, 2.45) is 5.92 Å². The molecule has 140 valence electrons. The smallest absolute Gasteiger partial charge is 0.123 e. The zero-order valence-corrected chi connectivity index (χ0v) is 16.1. The van der Waals surface area contributed by atoms with Crippen LogP contribution in [0, 0.1) is 11.7 Å². The van der Waals surface area contributed by atoms with Gasteiger partial charge in [0.25, 0.3) is 0 Å². The summed E-state index contributed by atoms with van der Waals surface area (Å²) in [5.74, 6) is 0.518. The zero-order valence-electron chi connectivity index (χ0n) is 13.6. The Hall–Kier alpha value is -0.100. The summed E-state index contributed by atoms with van der Waals surface area (Å²) in [6, 6.07) is 6.87. The van der Waals surface area contributed by atoms with Gasteiger partial charge in [-0.25, -0.2) is 4.39 Å². The molecule has 7 heteroatoms. The highest BCUT2D eigenvalue weighted by molar-refractivity contribution is 5.86. The molecular formula is C17H28Cl3FN2O. The second kappa shape index (κ2) is 11.5. The second-order valence-electron chi connectivity index (χ2n) is 6.48. The number of aliphatic hydroxyl groups excluding tert-OH is 1. The molecule has 3 nitrogen and oxygen atoms in total. The number of aliphatic hydroxyl groups is 1. The van der Waals surface area contributed by atoms with Crippen LogP contribution in [-0.2, 0) is 0 Å². The molecule has 0 saturated carbocycles. The molecule has 24 heavy (non-hydrogen) atoms. The number of hydrogen-bond donors (Lipinski definition) is 3. The van der Waals surface area contributed by atoms with Gasteiger partial charge < -0.3 is 15.7 Å². The third-order valence-electron chi connectivity index (χ3n) is 4.92. The zero-order chi connectivity index (χ0) is 14.7. The van der Waals surface area contributed by atoms with Crippen molar-refractivity contribution in [2.75, 3.05) is 13.1 Å². The van der Waals surface area contributed by atoms with Gasteiger partial charge in [0.05, 0.1) is 6.10 Å². The standard InChI is InChI=1S/C17H25FN2O.3ClH/c18-14-3-1-2-13(11-14)17(21)16-5-4-15(20-16)10-12-6-8-19-9-7-12;;;/h1-3,11-12,15-17,19-21H,4-10H2;3*1H/t15-,16+,17+;;;/m0.../s1. The fraction of sp³-hybridized carbons (Fsp3) is 0.647. The summed E-state index contributed by atoms with van der Waals surface area (Å²) in [5, 5.41) is 17.4. The Kier molecular flexibility index (Phi) is 11.5. The van der Waals surface area contributed by atoms with Crippen LogP contribution < -0.4 is 10.6 Å². The molecule has 0 bridgehead atoms. The number of nitrogens with one attached hydrogen (secondary N) is 2. The van der Waals surface area contributed by atoms with Gasteiger partial charge in [0.1, 0.15) is 5.82 Å². The number of hydrogen-bond acceptors (Lipinski definition) is 3. The maximum absolute atomic E-state index is 13.3. The molecule has 2 fully saturated rings. The molecule has 0 radical (unpaired) electrons. The van der Waals surface area contributed by atoms with Gasteiger partial charge >= 0.3 is 0 Å². The lowest BCUT2D eigenvalue weighted by molar-refractivity contribution is 0.133. The second-order valence-corrected chi connectivity index (χ2v) is 6.48. The molecule has 1 aromatic carbocycles. The average Bonchev–Trinajstić information content (AvgIpc) is 2.96. The first kappa shape index (κ1) is 23.9. The van der Waals surface area contributed by atoms with E-state index in [-0.39, 0.29) is 49.1 Å². The van der Waals surface area contributed by atoms with Crippen LogP contribution in [0.4, 0.5) is 4.39 Å². The van der Waals surface area contributed by atoms with Gasteiger partial charge in [-0.1, -0.05) is 12.1 Å². The van der Waals surface area contributed by atoms with E-state index in [1.54, 1.807) is 12.1 Å². The largest absolute Gasteiger partial charge is 0.387 e. The van der Waals surface area contributed by atoms with Gasteiger partial charge in [0.15, 0.2) is 0 Å². The quantitative estimate of drug-likeness (QED) is 0.722. The minimum atomic E-state index is -0.612. The fourth-order valence-electron chi connectivity index (χ4n) is 3.73. The van der Waals surface area contributed by atoms with Gasteiger partial charge in [0.2, 0.25) is 0 Å². The van der Waals surface area contributed by atoms with Crippen molar-refractivity contribution in [3.63, 3.8) is 0 Å². The lowest BCUT2D eigenvalue weighted by atomic mass is 9.90. The number of rotatable bonds is 4. The molecule has 2 heterocycles. The van der Waals surface area contributed by atoms with E-state index in [0.29, 0.717) is 11.6 Å². The molecule has 0 spiro atoms. The van der Waals surface area contributed by atoms with Crippen LogP contribution in [0.15, 0.2) is 24.3 Å². The van der Waals surface area contributed by atoms with Gasteiger partial charge in [-0.05, 0) is 68.8 Å². The predicted octanol–water partition coefficient (Wildman–Crippen LogP) is 3.63. The first-order valence-corrected chi connectivity index (χ1v) is 8.12. The maximum Gasteiger partial charge on any atom is 0.123 e. The number of benzene rings is 1. The minimum absolute atomic E-state index is 0. The highest BCUT2D eigenvalue weighted by Gasteiger charge is 2.31. The highest BCUT2D eigenvalue weighted by atomic mass is 35.5. The summed E-state index contributed by atoms with van der Waals surface area (Å²) in [4.78, 5) is 0. The van der Waals surface area contributed by atoms with Crippen LogP contribution in [0.2, 0.25) is 0 Å². The molecule has 2 aliphatic heterocycles. The summed E-state index contributed by atoms with van der Waals surface area (Å²) in [7, 11) is 0. The first-order chi connectivity index (χ1) is 10.2. The molecule has 2 saturated heterocycles. The van der Waals surface area contributed by atoms with Gasteiger partial charge in [-0.15, -0.1) is 37.2 Å². The molecule has 3 N–H and O–H groups in total. The Bertz CT molecular complexity index is 475. The molecule has 1 aromatic rings. The summed E-state index contributed by atoms with van der Waals surface area (Å²) < 4.78 is 13.3. The molecule has 2 aliphatic rings. The van der Waals surface area contributed by atoms with Gasteiger partial charge in [-0.3, -0.25) is 0 Å². The van der Waals surface area contributed by atoms with E-state index in [4.69, 9.17) is 0 Å². The fourth-order valence-corrected chi connectivity index (χ4v) is 3.73. The third kappa shape index (κ3) is 6.32. The van der Waals surface area contributed by atoms with E-state index in [1.165, 1.54) is 31.4 Å². The third-order valence-corrected chi connectivity index (χ3v) is 4.92. The molecular weight excluding hydrogens is 374 g/mol. The van der Waals surface area contributed by atoms with Crippen LogP contribution in [0.5, 0.6) is 0 Å². The molecule has 0 aromatic heterocycles. The topological polar surface area (TPSA) is 44.3 Å². The lowest BCUT2D eigenvalue weighted by Crippen LogP contribution is -2.37. The van der Waals surface area contributed by atoms with E-state index in [1.807, 2.05) is 0 Å². The van der Waals surface area contributed by atoms with Crippen molar-refractivity contribution in [1.29, 1.82) is 0 Å². The molecule has 0 amide bonds. The van der Waals surface area contributed by atoms with Crippen molar-refractivity contribution in [2.45, 2.75) is 50.3 Å². The molecule has 0 aliphatic carbocycles. The Morgan fingerprint density at radius 3 is 2.46 bits per heavy atom. The van der Waals surface area contributed by atoms with Crippen molar-refractivity contribution in [1.82, 2.24) is 10.6 Å². The summed E-state index contributed by atoms with van der Waals surface area (Å²) in [6.07, 6.45) is 5.19. The average molecular weight is 402 g/mol. The predicted molar refractivity (Wildman–Crippen MR) is 103 cm³/mol. The van der Waals surface area contributed by atoms with E-state index in [2.05, 4.69) is 10.6 Å².